The molecule has 0 radical (unpaired) electrons. The van der Waals surface area contributed by atoms with Crippen molar-refractivity contribution in [2.75, 3.05) is 11.4 Å². The van der Waals surface area contributed by atoms with Gasteiger partial charge in [-0.2, -0.15) is 18.3 Å². The lowest BCUT2D eigenvalue weighted by Gasteiger charge is -2.27. The zero-order chi connectivity index (χ0) is 21.5. The van der Waals surface area contributed by atoms with Crippen molar-refractivity contribution in [3.63, 3.8) is 0 Å². The zero-order valence-corrected chi connectivity index (χ0v) is 18.4. The molecule has 0 aliphatic carbocycles. The first-order chi connectivity index (χ1) is 14.3. The van der Waals surface area contributed by atoms with Gasteiger partial charge in [-0.1, -0.05) is 32.0 Å². The molecule has 158 valence electrons. The molecule has 1 aliphatic rings. The molecule has 0 atom stereocenters. The van der Waals surface area contributed by atoms with Crippen LogP contribution in [0.5, 0.6) is 0 Å². The van der Waals surface area contributed by atoms with Crippen LogP contribution in [0.25, 0.3) is 5.69 Å². The van der Waals surface area contributed by atoms with E-state index in [4.69, 9.17) is 5.10 Å². The van der Waals surface area contributed by atoms with Crippen molar-refractivity contribution >= 4 is 21.7 Å². The van der Waals surface area contributed by atoms with Gasteiger partial charge in [0.05, 0.1) is 16.9 Å². The summed E-state index contributed by atoms with van der Waals surface area (Å²) in [5.74, 6) is 0.538. The van der Waals surface area contributed by atoms with Gasteiger partial charge < -0.3 is 4.90 Å². The van der Waals surface area contributed by atoms with Crippen molar-refractivity contribution in [1.82, 2.24) is 14.8 Å². The van der Waals surface area contributed by atoms with Gasteiger partial charge in [-0.05, 0) is 52.0 Å². The Morgan fingerprint density at radius 2 is 1.77 bits per heavy atom. The maximum Gasteiger partial charge on any atom is 0.417 e. The van der Waals surface area contributed by atoms with Crippen LogP contribution in [-0.4, -0.2) is 21.3 Å². The first-order valence-corrected chi connectivity index (χ1v) is 10.8. The van der Waals surface area contributed by atoms with Crippen LogP contribution in [0.3, 0.4) is 0 Å². The summed E-state index contributed by atoms with van der Waals surface area (Å²) in [5.41, 5.74) is 4.91. The molecule has 3 aromatic rings. The number of pyridine rings is 1. The Morgan fingerprint density at radius 1 is 1.07 bits per heavy atom. The van der Waals surface area contributed by atoms with Crippen LogP contribution in [0.1, 0.15) is 41.8 Å². The van der Waals surface area contributed by atoms with E-state index in [1.165, 1.54) is 17.2 Å². The van der Waals surface area contributed by atoms with Crippen LogP contribution in [-0.2, 0) is 32.0 Å². The summed E-state index contributed by atoms with van der Waals surface area (Å²) in [5, 5.41) is 4.89. The lowest BCUT2D eigenvalue weighted by Crippen LogP contribution is -2.30. The van der Waals surface area contributed by atoms with Gasteiger partial charge in [-0.25, -0.2) is 9.67 Å². The van der Waals surface area contributed by atoms with Gasteiger partial charge in [-0.3, -0.25) is 0 Å². The molecule has 0 amide bonds. The number of nitrogens with zero attached hydrogens (tertiary/aromatic N) is 4. The topological polar surface area (TPSA) is 34.0 Å². The molecular formula is C22H22BrF3N4. The van der Waals surface area contributed by atoms with Gasteiger partial charge in [-0.15, -0.1) is 0 Å². The van der Waals surface area contributed by atoms with E-state index in [-0.39, 0.29) is 0 Å². The molecule has 0 saturated carbocycles. The molecule has 0 fully saturated rings. The van der Waals surface area contributed by atoms with Gasteiger partial charge in [0.1, 0.15) is 10.4 Å². The molecule has 30 heavy (non-hydrogen) atoms. The minimum atomic E-state index is -4.38. The van der Waals surface area contributed by atoms with Crippen molar-refractivity contribution < 1.29 is 13.2 Å². The predicted octanol–water partition coefficient (Wildman–Crippen LogP) is 5.74. The molecule has 4 rings (SSSR count). The molecule has 3 heterocycles. The summed E-state index contributed by atoms with van der Waals surface area (Å²) in [4.78, 5) is 6.05. The molecule has 4 nitrogen and oxygen atoms in total. The molecule has 1 aromatic carbocycles. The minimum absolute atomic E-state index is 0.538. The van der Waals surface area contributed by atoms with Crippen LogP contribution in [0.15, 0.2) is 41.1 Å². The fraction of sp³-hybridized carbons (Fsp3) is 0.364. The summed E-state index contributed by atoms with van der Waals surface area (Å²) < 4.78 is 41.4. The number of para-hydroxylation sites is 1. The number of benzene rings is 1. The summed E-state index contributed by atoms with van der Waals surface area (Å²) in [6.07, 6.45) is -0.967. The van der Waals surface area contributed by atoms with E-state index in [0.29, 0.717) is 25.3 Å². The SMILES string of the molecule is CCc1cccc(CC)c1-n1nc2c(c1Br)CN(c1ccc(C(F)(F)F)cn1)CC2. The first kappa shape index (κ1) is 20.9. The quantitative estimate of drug-likeness (QED) is 0.479. The largest absolute Gasteiger partial charge is 0.417 e. The van der Waals surface area contributed by atoms with Crippen LogP contribution in [0, 0.1) is 0 Å². The number of aromatic nitrogens is 3. The Morgan fingerprint density at radius 3 is 2.33 bits per heavy atom. The Balaban J connectivity index is 1.68. The van der Waals surface area contributed by atoms with Crippen molar-refractivity contribution in [3.05, 3.63) is 69.1 Å². The highest BCUT2D eigenvalue weighted by Crippen LogP contribution is 2.34. The number of rotatable bonds is 4. The van der Waals surface area contributed by atoms with Gasteiger partial charge in [0.15, 0.2) is 0 Å². The lowest BCUT2D eigenvalue weighted by atomic mass is 10.0. The number of hydrogen-bond acceptors (Lipinski definition) is 3. The fourth-order valence-electron chi connectivity index (χ4n) is 3.91. The van der Waals surface area contributed by atoms with E-state index in [9.17, 15) is 13.2 Å². The van der Waals surface area contributed by atoms with E-state index in [1.807, 2.05) is 9.58 Å². The van der Waals surface area contributed by atoms with Crippen molar-refractivity contribution in [3.8, 4) is 5.69 Å². The molecule has 0 saturated heterocycles. The van der Waals surface area contributed by atoms with Crippen molar-refractivity contribution in [2.24, 2.45) is 0 Å². The maximum absolute atomic E-state index is 12.8. The standard InChI is InChI=1S/C22H22BrF3N4/c1-3-14-6-5-7-15(4-2)20(14)30-21(23)17-13-29(11-10-18(17)28-30)19-9-8-16(12-27-19)22(24,25)26/h5-9,12H,3-4,10-11,13H2,1-2H3. The van der Waals surface area contributed by atoms with E-state index < -0.39 is 11.7 Å². The van der Waals surface area contributed by atoms with Gasteiger partial charge in [0.2, 0.25) is 0 Å². The third-order valence-electron chi connectivity index (χ3n) is 5.55. The van der Waals surface area contributed by atoms with Gasteiger partial charge in [0.25, 0.3) is 0 Å². The minimum Gasteiger partial charge on any atom is -0.352 e. The van der Waals surface area contributed by atoms with Crippen molar-refractivity contribution in [2.45, 2.75) is 45.8 Å². The van der Waals surface area contributed by atoms with E-state index in [0.717, 1.165) is 46.7 Å². The number of halogens is 4. The van der Waals surface area contributed by atoms with Crippen LogP contribution < -0.4 is 4.90 Å². The molecule has 0 spiro atoms. The Hall–Kier alpha value is -2.35. The lowest BCUT2D eigenvalue weighted by molar-refractivity contribution is -0.137. The van der Waals surface area contributed by atoms with Crippen LogP contribution in [0.2, 0.25) is 0 Å². The number of alkyl halides is 3. The van der Waals surface area contributed by atoms with Crippen LogP contribution >= 0.6 is 15.9 Å². The number of anilines is 1. The maximum atomic E-state index is 12.8. The number of fused-ring (bicyclic) bond motifs is 1. The molecule has 0 bridgehead atoms. The third kappa shape index (κ3) is 3.73. The van der Waals surface area contributed by atoms with E-state index in [1.54, 1.807) is 0 Å². The van der Waals surface area contributed by atoms with Gasteiger partial charge in [0, 0.05) is 31.3 Å². The second-order valence-electron chi connectivity index (χ2n) is 7.33. The molecule has 1 aliphatic heterocycles. The smallest absolute Gasteiger partial charge is 0.352 e. The summed E-state index contributed by atoms with van der Waals surface area (Å²) >= 11 is 3.74. The summed E-state index contributed by atoms with van der Waals surface area (Å²) in [7, 11) is 0. The molecule has 8 heteroatoms. The van der Waals surface area contributed by atoms with Crippen molar-refractivity contribution in [1.29, 1.82) is 0 Å². The highest BCUT2D eigenvalue weighted by Gasteiger charge is 2.31. The highest BCUT2D eigenvalue weighted by atomic mass is 79.9. The van der Waals surface area contributed by atoms with Gasteiger partial charge >= 0.3 is 6.18 Å². The molecular weight excluding hydrogens is 457 g/mol. The summed E-state index contributed by atoms with van der Waals surface area (Å²) in [6.45, 7) is 5.47. The van der Waals surface area contributed by atoms with E-state index in [2.05, 4.69) is 53.0 Å². The Kier molecular flexibility index (Phi) is 5.61. The highest BCUT2D eigenvalue weighted by molar-refractivity contribution is 9.10. The monoisotopic (exact) mass is 478 g/mol. The normalized spacial score (nSPS) is 14.1. The summed E-state index contributed by atoms with van der Waals surface area (Å²) in [6, 6.07) is 8.85. The molecule has 0 N–H and O–H groups in total. The van der Waals surface area contributed by atoms with E-state index >= 15 is 0 Å². The molecule has 0 unspecified atom stereocenters. The number of hydrogen-bond donors (Lipinski definition) is 0. The van der Waals surface area contributed by atoms with Crippen LogP contribution in [0.4, 0.5) is 19.0 Å². The second kappa shape index (κ2) is 8.06. The fourth-order valence-corrected chi connectivity index (χ4v) is 4.52. The third-order valence-corrected chi connectivity index (χ3v) is 6.36. The average Bonchev–Trinajstić information content (AvgIpc) is 3.08. The Labute approximate surface area is 181 Å². The first-order valence-electron chi connectivity index (χ1n) is 9.99. The average molecular weight is 479 g/mol. The Bertz CT molecular complexity index is 1040. The predicted molar refractivity (Wildman–Crippen MR) is 114 cm³/mol. The zero-order valence-electron chi connectivity index (χ0n) is 16.8. The number of aryl methyl sites for hydroxylation is 2. The second-order valence-corrected chi connectivity index (χ2v) is 8.09. The molecule has 2 aromatic heterocycles.